The summed E-state index contributed by atoms with van der Waals surface area (Å²) in [6.45, 7) is 3.00. The number of ether oxygens (including phenoxy) is 1. The van der Waals surface area contributed by atoms with E-state index < -0.39 is 0 Å². The third-order valence-corrected chi connectivity index (χ3v) is 1.09. The van der Waals surface area contributed by atoms with Gasteiger partial charge in [-0.2, -0.15) is 0 Å². The maximum atomic E-state index is 4.85. The second-order valence-electron chi connectivity index (χ2n) is 1.74. The van der Waals surface area contributed by atoms with Gasteiger partial charge in [-0.3, -0.25) is 4.90 Å². The van der Waals surface area contributed by atoms with Crippen LogP contribution in [0.2, 0.25) is 0 Å². The Kier molecular flexibility index (Phi) is 1.65. The van der Waals surface area contributed by atoms with E-state index in [4.69, 9.17) is 4.74 Å². The number of likely N-dealkylation sites (tertiary alicyclic amines) is 1. The molecule has 0 saturated carbocycles. The topological polar surface area (TPSA) is 12.5 Å². The largest absolute Gasteiger partial charge is 0.369 e. The van der Waals surface area contributed by atoms with Crippen LogP contribution in [0.25, 0.3) is 0 Å². The van der Waals surface area contributed by atoms with E-state index in [2.05, 4.69) is 11.3 Å². The first-order chi connectivity index (χ1) is 3.43. The Hall–Kier alpha value is -0.0800. The van der Waals surface area contributed by atoms with Crippen LogP contribution in [0.4, 0.5) is 0 Å². The highest BCUT2D eigenvalue weighted by Gasteiger charge is 2.11. The smallest absolute Gasteiger partial charge is 0.0986 e. The predicted octanol–water partition coefficient (Wildman–Crippen LogP) is 0.110. The summed E-state index contributed by atoms with van der Waals surface area (Å²) in [5.41, 5.74) is 0. The fourth-order valence-corrected chi connectivity index (χ4v) is 0.600. The molecule has 1 heterocycles. The highest BCUT2D eigenvalue weighted by molar-refractivity contribution is 4.84. The van der Waals surface area contributed by atoms with Crippen LogP contribution in [0.5, 0.6) is 0 Å². The first-order valence-corrected chi connectivity index (χ1v) is 2.46. The summed E-state index contributed by atoms with van der Waals surface area (Å²) in [5.74, 6) is 0. The summed E-state index contributed by atoms with van der Waals surface area (Å²) >= 11 is 0. The molecule has 7 heavy (non-hydrogen) atoms. The van der Waals surface area contributed by atoms with Gasteiger partial charge in [-0.05, 0) is 6.42 Å². The standard InChI is InChI=1S/C5H10NO/c1-7-5-6-3-2-4-6/h2H,3-5H2,1H3. The van der Waals surface area contributed by atoms with E-state index in [0.717, 1.165) is 19.8 Å². The molecule has 41 valence electrons. The van der Waals surface area contributed by atoms with Crippen LogP contribution < -0.4 is 0 Å². The Balaban J connectivity index is 1.93. The van der Waals surface area contributed by atoms with E-state index in [1.165, 1.54) is 0 Å². The SMILES string of the molecule is COCN1C[CH]C1. The molecule has 0 atom stereocenters. The normalized spacial score (nSPS) is 21.9. The monoisotopic (exact) mass is 100 g/mol. The Morgan fingerprint density at radius 1 is 1.71 bits per heavy atom. The zero-order valence-electron chi connectivity index (χ0n) is 4.55. The predicted molar refractivity (Wildman–Crippen MR) is 27.7 cm³/mol. The molecule has 0 bridgehead atoms. The Bertz CT molecular complexity index is 52.0. The molecule has 0 aromatic carbocycles. The van der Waals surface area contributed by atoms with E-state index in [1.807, 2.05) is 0 Å². The van der Waals surface area contributed by atoms with Gasteiger partial charge in [0.15, 0.2) is 0 Å². The van der Waals surface area contributed by atoms with Crippen molar-refractivity contribution in [3.8, 4) is 0 Å². The molecule has 0 amide bonds. The molecule has 0 aromatic heterocycles. The average Bonchev–Trinajstić information content (AvgIpc) is 1.55. The number of nitrogens with zero attached hydrogens (tertiary/aromatic N) is 1. The summed E-state index contributed by atoms with van der Waals surface area (Å²) in [6.07, 6.45) is 2.22. The molecule has 0 spiro atoms. The zero-order valence-corrected chi connectivity index (χ0v) is 4.55. The molecule has 0 unspecified atom stereocenters. The lowest BCUT2D eigenvalue weighted by molar-refractivity contribution is 0.0489. The van der Waals surface area contributed by atoms with Gasteiger partial charge in [0.1, 0.15) is 0 Å². The lowest BCUT2D eigenvalue weighted by Crippen LogP contribution is -2.38. The van der Waals surface area contributed by atoms with E-state index in [0.29, 0.717) is 0 Å². The van der Waals surface area contributed by atoms with Crippen molar-refractivity contribution in [3.05, 3.63) is 6.42 Å². The Morgan fingerprint density at radius 2 is 2.43 bits per heavy atom. The van der Waals surface area contributed by atoms with Gasteiger partial charge in [-0.25, -0.2) is 0 Å². The fraction of sp³-hybridized carbons (Fsp3) is 0.800. The van der Waals surface area contributed by atoms with E-state index in [1.54, 1.807) is 7.11 Å². The summed E-state index contributed by atoms with van der Waals surface area (Å²) in [5, 5.41) is 0. The van der Waals surface area contributed by atoms with Crippen molar-refractivity contribution in [2.75, 3.05) is 26.9 Å². The summed E-state index contributed by atoms with van der Waals surface area (Å²) in [6, 6.07) is 0. The van der Waals surface area contributed by atoms with Gasteiger partial charge >= 0.3 is 0 Å². The van der Waals surface area contributed by atoms with Crippen LogP contribution in [0.1, 0.15) is 0 Å². The van der Waals surface area contributed by atoms with Gasteiger partial charge in [0.05, 0.1) is 6.73 Å². The Morgan fingerprint density at radius 3 is 2.57 bits per heavy atom. The van der Waals surface area contributed by atoms with E-state index in [-0.39, 0.29) is 0 Å². The maximum Gasteiger partial charge on any atom is 0.0986 e. The fourth-order valence-electron chi connectivity index (χ4n) is 0.600. The summed E-state index contributed by atoms with van der Waals surface area (Å²) in [4.78, 5) is 2.21. The molecular formula is C5H10NO. The van der Waals surface area contributed by atoms with Crippen molar-refractivity contribution in [1.82, 2.24) is 4.90 Å². The minimum absolute atomic E-state index is 0.788. The second kappa shape index (κ2) is 2.28. The molecule has 2 heteroatoms. The van der Waals surface area contributed by atoms with E-state index in [9.17, 15) is 0 Å². The van der Waals surface area contributed by atoms with Gasteiger partial charge in [0.25, 0.3) is 0 Å². The van der Waals surface area contributed by atoms with Crippen molar-refractivity contribution in [1.29, 1.82) is 0 Å². The third kappa shape index (κ3) is 1.14. The number of rotatable bonds is 2. The van der Waals surface area contributed by atoms with Crippen molar-refractivity contribution in [2.24, 2.45) is 0 Å². The number of methoxy groups -OCH3 is 1. The van der Waals surface area contributed by atoms with Crippen LogP contribution in [-0.4, -0.2) is 31.8 Å². The molecule has 0 N–H and O–H groups in total. The molecule has 1 aliphatic rings. The lowest BCUT2D eigenvalue weighted by Gasteiger charge is -2.28. The van der Waals surface area contributed by atoms with E-state index >= 15 is 0 Å². The van der Waals surface area contributed by atoms with Crippen LogP contribution in [0.3, 0.4) is 0 Å². The van der Waals surface area contributed by atoms with Crippen LogP contribution in [0, 0.1) is 6.42 Å². The van der Waals surface area contributed by atoms with Gasteiger partial charge < -0.3 is 4.74 Å². The van der Waals surface area contributed by atoms with Crippen molar-refractivity contribution >= 4 is 0 Å². The minimum atomic E-state index is 0.788. The Labute approximate surface area is 44.1 Å². The second-order valence-corrected chi connectivity index (χ2v) is 1.74. The molecule has 1 rings (SSSR count). The molecule has 1 radical (unpaired) electrons. The number of hydrogen-bond acceptors (Lipinski definition) is 2. The molecule has 2 nitrogen and oxygen atoms in total. The molecule has 0 aromatic rings. The van der Waals surface area contributed by atoms with Crippen LogP contribution in [-0.2, 0) is 4.74 Å². The highest BCUT2D eigenvalue weighted by Crippen LogP contribution is 2.01. The van der Waals surface area contributed by atoms with Crippen LogP contribution >= 0.6 is 0 Å². The third-order valence-electron chi connectivity index (χ3n) is 1.09. The summed E-state index contributed by atoms with van der Waals surface area (Å²) < 4.78 is 4.85. The van der Waals surface area contributed by atoms with Crippen molar-refractivity contribution in [3.63, 3.8) is 0 Å². The molecule has 0 aliphatic carbocycles. The van der Waals surface area contributed by atoms with Crippen molar-refractivity contribution < 1.29 is 4.74 Å². The highest BCUT2D eigenvalue weighted by atomic mass is 16.5. The van der Waals surface area contributed by atoms with Gasteiger partial charge in [0, 0.05) is 20.2 Å². The first kappa shape index (κ1) is 5.06. The lowest BCUT2D eigenvalue weighted by atomic mass is 10.2. The van der Waals surface area contributed by atoms with Gasteiger partial charge in [-0.1, -0.05) is 0 Å². The molecule has 1 saturated heterocycles. The van der Waals surface area contributed by atoms with Gasteiger partial charge in [-0.15, -0.1) is 0 Å². The van der Waals surface area contributed by atoms with Crippen LogP contribution in [0.15, 0.2) is 0 Å². The maximum absolute atomic E-state index is 4.85. The zero-order chi connectivity index (χ0) is 5.11. The minimum Gasteiger partial charge on any atom is -0.369 e. The number of hydrogen-bond donors (Lipinski definition) is 0. The van der Waals surface area contributed by atoms with Gasteiger partial charge in [0.2, 0.25) is 0 Å². The average molecular weight is 100 g/mol. The molecule has 1 fully saturated rings. The molecule has 1 aliphatic heterocycles. The van der Waals surface area contributed by atoms with Crippen molar-refractivity contribution in [2.45, 2.75) is 0 Å². The quantitative estimate of drug-likeness (QED) is 0.488. The first-order valence-electron chi connectivity index (χ1n) is 2.46. The summed E-state index contributed by atoms with van der Waals surface area (Å²) in [7, 11) is 1.72. The molecular weight excluding hydrogens is 90.1 g/mol.